The zero-order valence-corrected chi connectivity index (χ0v) is 15.7. The first-order valence-electron chi connectivity index (χ1n) is 8.68. The highest BCUT2D eigenvalue weighted by Gasteiger charge is 2.52. The molecular weight excluding hydrogens is 387 g/mol. The molecule has 152 valence electrons. The Labute approximate surface area is 164 Å². The Morgan fingerprint density at radius 2 is 1.66 bits per heavy atom. The number of anilines is 1. The van der Waals surface area contributed by atoms with Gasteiger partial charge in [-0.25, -0.2) is 4.79 Å². The SMILES string of the molecule is CN(C(=O)CN1C(=O)NC(C)(c2ccccc2C(F)(F)F)C1=O)c1ccccc1. The molecule has 0 radical (unpaired) electrons. The van der Waals surface area contributed by atoms with Gasteiger partial charge in [0.2, 0.25) is 5.91 Å². The molecule has 1 unspecified atom stereocenters. The van der Waals surface area contributed by atoms with Crippen LogP contribution < -0.4 is 10.2 Å². The van der Waals surface area contributed by atoms with E-state index in [1.165, 1.54) is 31.0 Å². The number of benzene rings is 2. The van der Waals surface area contributed by atoms with Gasteiger partial charge in [-0.2, -0.15) is 13.2 Å². The molecule has 1 heterocycles. The van der Waals surface area contributed by atoms with E-state index in [0.29, 0.717) is 10.6 Å². The monoisotopic (exact) mass is 405 g/mol. The Morgan fingerprint density at radius 3 is 2.28 bits per heavy atom. The average molecular weight is 405 g/mol. The van der Waals surface area contributed by atoms with Gasteiger partial charge in [0.1, 0.15) is 12.1 Å². The van der Waals surface area contributed by atoms with Gasteiger partial charge in [-0.3, -0.25) is 14.5 Å². The summed E-state index contributed by atoms with van der Waals surface area (Å²) >= 11 is 0. The van der Waals surface area contributed by atoms with Crippen LogP contribution in [-0.4, -0.2) is 36.3 Å². The number of urea groups is 1. The highest BCUT2D eigenvalue weighted by molar-refractivity contribution is 6.10. The summed E-state index contributed by atoms with van der Waals surface area (Å²) in [4.78, 5) is 39.7. The second-order valence-electron chi connectivity index (χ2n) is 6.78. The number of amides is 4. The lowest BCUT2D eigenvalue weighted by atomic mass is 9.87. The Hall–Kier alpha value is -3.36. The number of carbonyl (C=O) groups excluding carboxylic acids is 3. The fourth-order valence-corrected chi connectivity index (χ4v) is 3.23. The van der Waals surface area contributed by atoms with Crippen molar-refractivity contribution >= 4 is 23.5 Å². The summed E-state index contributed by atoms with van der Waals surface area (Å²) in [7, 11) is 1.48. The number of carbonyl (C=O) groups is 3. The van der Waals surface area contributed by atoms with Crippen molar-refractivity contribution in [3.63, 3.8) is 0 Å². The minimum absolute atomic E-state index is 0.378. The van der Waals surface area contributed by atoms with Crippen molar-refractivity contribution in [2.24, 2.45) is 0 Å². The van der Waals surface area contributed by atoms with Crippen LogP contribution >= 0.6 is 0 Å². The van der Waals surface area contributed by atoms with Crippen molar-refractivity contribution < 1.29 is 27.6 Å². The molecule has 1 aliphatic rings. The standard InChI is InChI=1S/C20H18F3N3O3/c1-19(14-10-6-7-11-15(14)20(21,22)23)17(28)26(18(29)24-19)12-16(27)25(2)13-8-4-3-5-9-13/h3-11H,12H2,1-2H3,(H,24,29). The third-order valence-electron chi connectivity index (χ3n) is 4.86. The van der Waals surface area contributed by atoms with Gasteiger partial charge in [0, 0.05) is 12.7 Å². The van der Waals surface area contributed by atoms with Gasteiger partial charge in [-0.15, -0.1) is 0 Å². The number of halogens is 3. The molecule has 3 rings (SSSR count). The number of para-hydroxylation sites is 1. The van der Waals surface area contributed by atoms with E-state index in [4.69, 9.17) is 0 Å². The molecule has 6 nitrogen and oxygen atoms in total. The topological polar surface area (TPSA) is 69.7 Å². The molecule has 1 aliphatic heterocycles. The van der Waals surface area contributed by atoms with Crippen molar-refractivity contribution in [2.75, 3.05) is 18.5 Å². The summed E-state index contributed by atoms with van der Waals surface area (Å²) in [5.41, 5.74) is -2.79. The van der Waals surface area contributed by atoms with Crippen LogP contribution in [0.4, 0.5) is 23.7 Å². The Bertz CT molecular complexity index is 962. The summed E-state index contributed by atoms with van der Waals surface area (Å²) in [5.74, 6) is -1.48. The first-order valence-corrected chi connectivity index (χ1v) is 8.68. The third kappa shape index (κ3) is 3.67. The van der Waals surface area contributed by atoms with Crippen LogP contribution in [-0.2, 0) is 21.3 Å². The molecule has 0 saturated carbocycles. The molecule has 2 aromatic carbocycles. The van der Waals surface area contributed by atoms with E-state index in [2.05, 4.69) is 5.32 Å². The van der Waals surface area contributed by atoms with Gasteiger partial charge in [0.05, 0.1) is 5.56 Å². The Kier molecular flexibility index (Phi) is 5.08. The summed E-state index contributed by atoms with van der Waals surface area (Å²) in [6.45, 7) is 0.600. The van der Waals surface area contributed by atoms with Crippen molar-refractivity contribution in [1.82, 2.24) is 10.2 Å². The number of nitrogens with zero attached hydrogens (tertiary/aromatic N) is 2. The van der Waals surface area contributed by atoms with Crippen molar-refractivity contribution in [1.29, 1.82) is 0 Å². The van der Waals surface area contributed by atoms with Gasteiger partial charge in [0.15, 0.2) is 0 Å². The fourth-order valence-electron chi connectivity index (χ4n) is 3.23. The van der Waals surface area contributed by atoms with E-state index < -0.39 is 41.7 Å². The third-order valence-corrected chi connectivity index (χ3v) is 4.86. The van der Waals surface area contributed by atoms with Crippen LogP contribution in [0.3, 0.4) is 0 Å². The molecule has 2 aromatic rings. The minimum Gasteiger partial charge on any atom is -0.319 e. The van der Waals surface area contributed by atoms with E-state index in [1.807, 2.05) is 0 Å². The van der Waals surface area contributed by atoms with E-state index in [-0.39, 0.29) is 5.56 Å². The van der Waals surface area contributed by atoms with Gasteiger partial charge in [0.25, 0.3) is 5.91 Å². The molecule has 0 spiro atoms. The molecule has 29 heavy (non-hydrogen) atoms. The molecule has 0 aliphatic carbocycles. The second-order valence-corrected chi connectivity index (χ2v) is 6.78. The van der Waals surface area contributed by atoms with Gasteiger partial charge >= 0.3 is 12.2 Å². The molecule has 1 N–H and O–H groups in total. The van der Waals surface area contributed by atoms with Gasteiger partial charge in [-0.05, 0) is 30.7 Å². The lowest BCUT2D eigenvalue weighted by Crippen LogP contribution is -2.44. The number of rotatable bonds is 4. The summed E-state index contributed by atoms with van der Waals surface area (Å²) < 4.78 is 40.2. The van der Waals surface area contributed by atoms with Crippen LogP contribution in [0, 0.1) is 0 Å². The predicted octanol–water partition coefficient (Wildman–Crippen LogP) is 3.14. The van der Waals surface area contributed by atoms with Gasteiger partial charge in [-0.1, -0.05) is 36.4 Å². The zero-order chi connectivity index (χ0) is 21.4. The Balaban J connectivity index is 1.88. The number of imide groups is 1. The number of alkyl halides is 3. The highest BCUT2D eigenvalue weighted by Crippen LogP contribution is 2.39. The largest absolute Gasteiger partial charge is 0.416 e. The molecule has 0 aromatic heterocycles. The molecule has 1 fully saturated rings. The van der Waals surface area contributed by atoms with Crippen LogP contribution in [0.25, 0.3) is 0 Å². The van der Waals surface area contributed by atoms with Crippen molar-refractivity contribution in [3.05, 3.63) is 65.7 Å². The lowest BCUT2D eigenvalue weighted by molar-refractivity contribution is -0.140. The summed E-state index contributed by atoms with van der Waals surface area (Å²) in [6, 6.07) is 12.2. The first kappa shape index (κ1) is 20.4. The van der Waals surface area contributed by atoms with Crippen LogP contribution in [0.5, 0.6) is 0 Å². The normalized spacial score (nSPS) is 19.3. The molecular formula is C20H18F3N3O3. The maximum Gasteiger partial charge on any atom is 0.416 e. The molecule has 9 heteroatoms. The number of nitrogens with one attached hydrogen (secondary N) is 1. The number of hydrogen-bond acceptors (Lipinski definition) is 3. The summed E-state index contributed by atoms with van der Waals surface area (Å²) in [5, 5.41) is 2.31. The van der Waals surface area contributed by atoms with Crippen LogP contribution in [0.2, 0.25) is 0 Å². The maximum absolute atomic E-state index is 13.4. The summed E-state index contributed by atoms with van der Waals surface area (Å²) in [6.07, 6.45) is -4.71. The van der Waals surface area contributed by atoms with Crippen molar-refractivity contribution in [3.8, 4) is 0 Å². The zero-order valence-electron chi connectivity index (χ0n) is 15.7. The van der Waals surface area contributed by atoms with E-state index in [0.717, 1.165) is 12.1 Å². The van der Waals surface area contributed by atoms with Crippen molar-refractivity contribution in [2.45, 2.75) is 18.6 Å². The molecule has 1 saturated heterocycles. The smallest absolute Gasteiger partial charge is 0.319 e. The predicted molar refractivity (Wildman–Crippen MR) is 98.9 cm³/mol. The van der Waals surface area contributed by atoms with Gasteiger partial charge < -0.3 is 10.2 Å². The lowest BCUT2D eigenvalue weighted by Gasteiger charge is -2.26. The van der Waals surface area contributed by atoms with E-state index in [1.54, 1.807) is 30.3 Å². The molecule has 1 atom stereocenters. The number of likely N-dealkylation sites (N-methyl/N-ethyl adjacent to an activating group) is 1. The quantitative estimate of drug-likeness (QED) is 0.795. The van der Waals surface area contributed by atoms with E-state index in [9.17, 15) is 27.6 Å². The fraction of sp³-hybridized carbons (Fsp3) is 0.250. The molecule has 4 amide bonds. The maximum atomic E-state index is 13.4. The minimum atomic E-state index is -4.71. The second kappa shape index (κ2) is 7.23. The highest BCUT2D eigenvalue weighted by atomic mass is 19.4. The van der Waals surface area contributed by atoms with Crippen LogP contribution in [0.1, 0.15) is 18.1 Å². The van der Waals surface area contributed by atoms with Crippen LogP contribution in [0.15, 0.2) is 54.6 Å². The Morgan fingerprint density at radius 1 is 1.07 bits per heavy atom. The van der Waals surface area contributed by atoms with E-state index >= 15 is 0 Å². The average Bonchev–Trinajstić information content (AvgIpc) is 2.91. The first-order chi connectivity index (χ1) is 13.6. The number of hydrogen-bond donors (Lipinski definition) is 1. The molecule has 0 bridgehead atoms.